The minimum atomic E-state index is 0.194. The van der Waals surface area contributed by atoms with Gasteiger partial charge in [-0.05, 0) is 37.2 Å². The van der Waals surface area contributed by atoms with Gasteiger partial charge < -0.3 is 15.2 Å². The first-order valence-corrected chi connectivity index (χ1v) is 4.20. The van der Waals surface area contributed by atoms with E-state index in [1.54, 1.807) is 13.2 Å². The zero-order chi connectivity index (χ0) is 9.84. The van der Waals surface area contributed by atoms with E-state index in [-0.39, 0.29) is 5.75 Å². The number of aryl methyl sites for hydroxylation is 1. The van der Waals surface area contributed by atoms with Crippen molar-refractivity contribution in [3.63, 3.8) is 0 Å². The lowest BCUT2D eigenvalue weighted by atomic mass is 10.1. The van der Waals surface area contributed by atoms with Crippen molar-refractivity contribution >= 4 is 0 Å². The van der Waals surface area contributed by atoms with E-state index in [2.05, 4.69) is 5.32 Å². The highest BCUT2D eigenvalue weighted by atomic mass is 16.5. The molecule has 1 aromatic rings. The lowest BCUT2D eigenvalue weighted by Crippen LogP contribution is -2.06. The summed E-state index contributed by atoms with van der Waals surface area (Å²) in [6.07, 6.45) is 0. The highest BCUT2D eigenvalue weighted by Gasteiger charge is 2.05. The number of ether oxygens (including phenoxy) is 1. The van der Waals surface area contributed by atoms with Gasteiger partial charge in [0.2, 0.25) is 0 Å². The second-order valence-corrected chi connectivity index (χ2v) is 2.98. The lowest BCUT2D eigenvalue weighted by Gasteiger charge is -2.09. The van der Waals surface area contributed by atoms with Gasteiger partial charge in [-0.1, -0.05) is 0 Å². The standard InChI is InChI=1S/C10H15NO2/c1-7-4-9(12)10(13-3)5-8(7)6-11-2/h4-5,11-12H,6H2,1-3H3. The fourth-order valence-electron chi connectivity index (χ4n) is 1.26. The quantitative estimate of drug-likeness (QED) is 0.741. The van der Waals surface area contributed by atoms with Crippen molar-refractivity contribution in [3.05, 3.63) is 23.3 Å². The van der Waals surface area contributed by atoms with Crippen LogP contribution in [0.3, 0.4) is 0 Å². The van der Waals surface area contributed by atoms with E-state index in [0.29, 0.717) is 5.75 Å². The topological polar surface area (TPSA) is 41.5 Å². The summed E-state index contributed by atoms with van der Waals surface area (Å²) in [6, 6.07) is 3.56. The van der Waals surface area contributed by atoms with E-state index in [4.69, 9.17) is 4.74 Å². The molecular weight excluding hydrogens is 166 g/mol. The van der Waals surface area contributed by atoms with Crippen LogP contribution in [-0.2, 0) is 6.54 Å². The number of hydrogen-bond donors (Lipinski definition) is 2. The van der Waals surface area contributed by atoms with Gasteiger partial charge in [-0.3, -0.25) is 0 Å². The van der Waals surface area contributed by atoms with Crippen LogP contribution in [-0.4, -0.2) is 19.3 Å². The van der Waals surface area contributed by atoms with Gasteiger partial charge in [-0.2, -0.15) is 0 Å². The molecule has 0 heterocycles. The molecule has 13 heavy (non-hydrogen) atoms. The molecule has 0 atom stereocenters. The molecule has 0 aromatic heterocycles. The van der Waals surface area contributed by atoms with Gasteiger partial charge >= 0.3 is 0 Å². The third-order valence-electron chi connectivity index (χ3n) is 2.00. The van der Waals surface area contributed by atoms with Gasteiger partial charge in [0, 0.05) is 6.54 Å². The summed E-state index contributed by atoms with van der Waals surface area (Å²) < 4.78 is 5.01. The molecule has 0 bridgehead atoms. The van der Waals surface area contributed by atoms with Gasteiger partial charge in [-0.25, -0.2) is 0 Å². The van der Waals surface area contributed by atoms with Crippen LogP contribution in [0.4, 0.5) is 0 Å². The maximum absolute atomic E-state index is 9.44. The zero-order valence-electron chi connectivity index (χ0n) is 8.22. The van der Waals surface area contributed by atoms with Crippen LogP contribution in [0.25, 0.3) is 0 Å². The molecule has 1 rings (SSSR count). The number of methoxy groups -OCH3 is 1. The number of phenolic OH excluding ortho intramolecular Hbond substituents is 1. The van der Waals surface area contributed by atoms with E-state index in [0.717, 1.165) is 17.7 Å². The maximum atomic E-state index is 9.44. The van der Waals surface area contributed by atoms with E-state index in [1.807, 2.05) is 20.0 Å². The average Bonchev–Trinajstić information content (AvgIpc) is 2.10. The van der Waals surface area contributed by atoms with E-state index in [9.17, 15) is 5.11 Å². The predicted molar refractivity (Wildman–Crippen MR) is 52.2 cm³/mol. The Labute approximate surface area is 78.3 Å². The molecule has 0 fully saturated rings. The summed E-state index contributed by atoms with van der Waals surface area (Å²) in [5, 5.41) is 12.5. The Morgan fingerprint density at radius 1 is 1.46 bits per heavy atom. The summed E-state index contributed by atoms with van der Waals surface area (Å²) in [6.45, 7) is 2.74. The van der Waals surface area contributed by atoms with Crippen molar-refractivity contribution in [1.82, 2.24) is 5.32 Å². The highest BCUT2D eigenvalue weighted by Crippen LogP contribution is 2.28. The Morgan fingerprint density at radius 2 is 2.15 bits per heavy atom. The second-order valence-electron chi connectivity index (χ2n) is 2.98. The Bertz CT molecular complexity index is 297. The normalized spacial score (nSPS) is 10.1. The third-order valence-corrected chi connectivity index (χ3v) is 2.00. The molecule has 0 unspecified atom stereocenters. The molecule has 72 valence electrons. The Hall–Kier alpha value is -1.22. The van der Waals surface area contributed by atoms with Crippen molar-refractivity contribution in [3.8, 4) is 11.5 Å². The summed E-state index contributed by atoms with van der Waals surface area (Å²) in [5.74, 6) is 0.718. The van der Waals surface area contributed by atoms with E-state index in [1.165, 1.54) is 0 Å². The van der Waals surface area contributed by atoms with Crippen LogP contribution in [0.15, 0.2) is 12.1 Å². The number of hydrogen-bond acceptors (Lipinski definition) is 3. The average molecular weight is 181 g/mol. The fourth-order valence-corrected chi connectivity index (χ4v) is 1.26. The van der Waals surface area contributed by atoms with Gasteiger partial charge in [0.25, 0.3) is 0 Å². The second kappa shape index (κ2) is 4.14. The van der Waals surface area contributed by atoms with Crippen LogP contribution in [0, 0.1) is 6.92 Å². The molecule has 0 aliphatic rings. The summed E-state index contributed by atoms with van der Waals surface area (Å²) in [5.41, 5.74) is 2.20. The molecule has 0 saturated carbocycles. The number of rotatable bonds is 3. The summed E-state index contributed by atoms with van der Waals surface area (Å²) in [4.78, 5) is 0. The summed E-state index contributed by atoms with van der Waals surface area (Å²) in [7, 11) is 3.44. The maximum Gasteiger partial charge on any atom is 0.160 e. The molecule has 0 aliphatic carbocycles. The van der Waals surface area contributed by atoms with Crippen molar-refractivity contribution in [2.24, 2.45) is 0 Å². The number of nitrogens with one attached hydrogen (secondary N) is 1. The molecule has 0 radical (unpaired) electrons. The highest BCUT2D eigenvalue weighted by molar-refractivity contribution is 5.45. The summed E-state index contributed by atoms with van der Waals surface area (Å²) >= 11 is 0. The third kappa shape index (κ3) is 2.12. The predicted octanol–water partition coefficient (Wildman–Crippen LogP) is 1.43. The van der Waals surface area contributed by atoms with Gasteiger partial charge in [0.1, 0.15) is 0 Å². The monoisotopic (exact) mass is 181 g/mol. The molecule has 2 N–H and O–H groups in total. The van der Waals surface area contributed by atoms with E-state index < -0.39 is 0 Å². The van der Waals surface area contributed by atoms with Gasteiger partial charge in [-0.15, -0.1) is 0 Å². The Morgan fingerprint density at radius 3 is 2.69 bits per heavy atom. The number of aromatic hydroxyl groups is 1. The van der Waals surface area contributed by atoms with Crippen LogP contribution < -0.4 is 10.1 Å². The Balaban J connectivity index is 3.06. The van der Waals surface area contributed by atoms with Gasteiger partial charge in [0.05, 0.1) is 7.11 Å². The van der Waals surface area contributed by atoms with Crippen LogP contribution in [0.1, 0.15) is 11.1 Å². The smallest absolute Gasteiger partial charge is 0.160 e. The van der Waals surface area contributed by atoms with Crippen LogP contribution in [0.2, 0.25) is 0 Å². The first-order chi connectivity index (χ1) is 6.19. The molecule has 0 saturated heterocycles. The minimum absolute atomic E-state index is 0.194. The Kier molecular flexibility index (Phi) is 3.14. The number of phenols is 1. The largest absolute Gasteiger partial charge is 0.504 e. The van der Waals surface area contributed by atoms with Crippen molar-refractivity contribution < 1.29 is 9.84 Å². The van der Waals surface area contributed by atoms with Crippen LogP contribution >= 0.6 is 0 Å². The zero-order valence-corrected chi connectivity index (χ0v) is 8.22. The molecule has 0 aliphatic heterocycles. The van der Waals surface area contributed by atoms with Crippen molar-refractivity contribution in [2.45, 2.75) is 13.5 Å². The first kappa shape index (κ1) is 9.86. The molecule has 1 aromatic carbocycles. The molecular formula is C10H15NO2. The SMILES string of the molecule is CNCc1cc(OC)c(O)cc1C. The van der Waals surface area contributed by atoms with Gasteiger partial charge in [0.15, 0.2) is 11.5 Å². The minimum Gasteiger partial charge on any atom is -0.504 e. The fraction of sp³-hybridized carbons (Fsp3) is 0.400. The molecule has 3 heteroatoms. The number of benzene rings is 1. The molecule has 0 spiro atoms. The van der Waals surface area contributed by atoms with Crippen molar-refractivity contribution in [1.29, 1.82) is 0 Å². The lowest BCUT2D eigenvalue weighted by molar-refractivity contribution is 0.372. The molecule has 3 nitrogen and oxygen atoms in total. The van der Waals surface area contributed by atoms with E-state index >= 15 is 0 Å². The van der Waals surface area contributed by atoms with Crippen molar-refractivity contribution in [2.75, 3.05) is 14.2 Å². The van der Waals surface area contributed by atoms with Crippen LogP contribution in [0.5, 0.6) is 11.5 Å². The molecule has 0 amide bonds. The first-order valence-electron chi connectivity index (χ1n) is 4.20.